The van der Waals surface area contributed by atoms with Crippen LogP contribution in [0.1, 0.15) is 30.9 Å². The Balaban J connectivity index is 2.26. The normalized spacial score (nSPS) is 10.8. The van der Waals surface area contributed by atoms with E-state index in [1.807, 2.05) is 11.6 Å². The van der Waals surface area contributed by atoms with Crippen LogP contribution in [0.3, 0.4) is 0 Å². The minimum atomic E-state index is 0.554. The Morgan fingerprint density at radius 2 is 2.12 bits per heavy atom. The maximum Gasteiger partial charge on any atom is 0.187 e. The summed E-state index contributed by atoms with van der Waals surface area (Å²) in [6.45, 7) is 6.59. The summed E-state index contributed by atoms with van der Waals surface area (Å²) in [5.41, 5.74) is 3.85. The third-order valence-electron chi connectivity index (χ3n) is 2.58. The van der Waals surface area contributed by atoms with Crippen LogP contribution in [0.15, 0.2) is 29.8 Å². The molecule has 0 aliphatic heterocycles. The number of anilines is 2. The summed E-state index contributed by atoms with van der Waals surface area (Å²) >= 11 is 1.61. The molecule has 0 atom stereocenters. The minimum Gasteiger partial charge on any atom is -0.332 e. The third-order valence-corrected chi connectivity index (χ3v) is 3.27. The van der Waals surface area contributed by atoms with Gasteiger partial charge in [-0.15, -0.1) is 11.3 Å². The standard InChI is InChI=1S/C13H16N2S/c1-9(2)12-8-11(5-4-10(12)3)15-13-14-6-7-16-13/h4-9H,1-3H3,(H,14,15). The summed E-state index contributed by atoms with van der Waals surface area (Å²) < 4.78 is 0. The van der Waals surface area contributed by atoms with Crippen molar-refractivity contribution in [3.63, 3.8) is 0 Å². The summed E-state index contributed by atoms with van der Waals surface area (Å²) in [4.78, 5) is 4.22. The van der Waals surface area contributed by atoms with Gasteiger partial charge in [0.1, 0.15) is 0 Å². The zero-order valence-corrected chi connectivity index (χ0v) is 10.6. The molecule has 2 nitrogen and oxygen atoms in total. The highest BCUT2D eigenvalue weighted by molar-refractivity contribution is 7.13. The lowest BCUT2D eigenvalue weighted by Crippen LogP contribution is -1.95. The van der Waals surface area contributed by atoms with E-state index in [4.69, 9.17) is 0 Å². The van der Waals surface area contributed by atoms with Gasteiger partial charge < -0.3 is 5.32 Å². The molecule has 0 radical (unpaired) electrons. The third kappa shape index (κ3) is 2.42. The number of benzene rings is 1. The van der Waals surface area contributed by atoms with Crippen LogP contribution in [0, 0.1) is 6.92 Å². The first kappa shape index (κ1) is 11.1. The highest BCUT2D eigenvalue weighted by Gasteiger charge is 2.05. The molecule has 0 saturated carbocycles. The van der Waals surface area contributed by atoms with E-state index in [2.05, 4.69) is 49.3 Å². The number of aryl methyl sites for hydroxylation is 1. The predicted molar refractivity (Wildman–Crippen MR) is 70.7 cm³/mol. The molecule has 16 heavy (non-hydrogen) atoms. The van der Waals surface area contributed by atoms with E-state index < -0.39 is 0 Å². The van der Waals surface area contributed by atoms with Crippen LogP contribution in [0.4, 0.5) is 10.8 Å². The van der Waals surface area contributed by atoms with Gasteiger partial charge in [-0.3, -0.25) is 0 Å². The molecule has 84 valence electrons. The van der Waals surface area contributed by atoms with E-state index in [0.717, 1.165) is 10.8 Å². The summed E-state index contributed by atoms with van der Waals surface area (Å²) in [5, 5.41) is 6.23. The van der Waals surface area contributed by atoms with Gasteiger partial charge >= 0.3 is 0 Å². The van der Waals surface area contributed by atoms with Gasteiger partial charge in [0.2, 0.25) is 0 Å². The number of thiazole rings is 1. The molecule has 1 N–H and O–H groups in total. The predicted octanol–water partition coefficient (Wildman–Crippen LogP) is 4.32. The molecule has 0 bridgehead atoms. The molecule has 0 amide bonds. The molecule has 2 rings (SSSR count). The Bertz CT molecular complexity index is 461. The Morgan fingerprint density at radius 1 is 1.31 bits per heavy atom. The van der Waals surface area contributed by atoms with Crippen LogP contribution < -0.4 is 5.32 Å². The van der Waals surface area contributed by atoms with Gasteiger partial charge in [-0.2, -0.15) is 0 Å². The smallest absolute Gasteiger partial charge is 0.187 e. The first-order valence-corrected chi connectivity index (χ1v) is 6.32. The van der Waals surface area contributed by atoms with Crippen molar-refractivity contribution in [2.24, 2.45) is 0 Å². The fraction of sp³-hybridized carbons (Fsp3) is 0.308. The second-order valence-corrected chi connectivity index (χ2v) is 5.08. The lowest BCUT2D eigenvalue weighted by molar-refractivity contribution is 0.857. The Labute approximate surface area is 100 Å². The SMILES string of the molecule is Cc1ccc(Nc2nccs2)cc1C(C)C. The lowest BCUT2D eigenvalue weighted by atomic mass is 9.97. The van der Waals surface area contributed by atoms with Crippen molar-refractivity contribution in [3.8, 4) is 0 Å². The molecule has 0 saturated heterocycles. The van der Waals surface area contributed by atoms with Gasteiger partial charge in [-0.1, -0.05) is 19.9 Å². The van der Waals surface area contributed by atoms with Crippen molar-refractivity contribution in [1.82, 2.24) is 4.98 Å². The summed E-state index contributed by atoms with van der Waals surface area (Å²) in [6.07, 6.45) is 1.81. The van der Waals surface area contributed by atoms with Crippen LogP contribution in [0.25, 0.3) is 0 Å². The first-order valence-electron chi connectivity index (χ1n) is 5.44. The highest BCUT2D eigenvalue weighted by Crippen LogP contribution is 2.25. The van der Waals surface area contributed by atoms with E-state index >= 15 is 0 Å². The topological polar surface area (TPSA) is 24.9 Å². The molecular formula is C13H16N2S. The second kappa shape index (κ2) is 4.66. The molecule has 1 aromatic carbocycles. The Kier molecular flexibility index (Phi) is 3.25. The van der Waals surface area contributed by atoms with Crippen molar-refractivity contribution in [3.05, 3.63) is 40.9 Å². The van der Waals surface area contributed by atoms with Gasteiger partial charge in [-0.05, 0) is 36.1 Å². The van der Waals surface area contributed by atoms with Gasteiger partial charge in [0, 0.05) is 17.3 Å². The molecule has 3 heteroatoms. The van der Waals surface area contributed by atoms with Gasteiger partial charge in [0.15, 0.2) is 5.13 Å². The zero-order chi connectivity index (χ0) is 11.5. The summed E-state index contributed by atoms with van der Waals surface area (Å²) in [7, 11) is 0. The molecule has 0 unspecified atom stereocenters. The van der Waals surface area contributed by atoms with Gasteiger partial charge in [-0.25, -0.2) is 4.98 Å². The van der Waals surface area contributed by atoms with E-state index in [1.54, 1.807) is 11.3 Å². The average Bonchev–Trinajstić information content (AvgIpc) is 2.73. The zero-order valence-electron chi connectivity index (χ0n) is 9.82. The molecule has 0 spiro atoms. The summed E-state index contributed by atoms with van der Waals surface area (Å²) in [5.74, 6) is 0.554. The van der Waals surface area contributed by atoms with Crippen LogP contribution in [-0.2, 0) is 0 Å². The van der Waals surface area contributed by atoms with Gasteiger partial charge in [0.05, 0.1) is 0 Å². The van der Waals surface area contributed by atoms with Crippen molar-refractivity contribution >= 4 is 22.2 Å². The second-order valence-electron chi connectivity index (χ2n) is 4.19. The monoisotopic (exact) mass is 232 g/mol. The Morgan fingerprint density at radius 3 is 2.75 bits per heavy atom. The first-order chi connectivity index (χ1) is 7.66. The molecule has 2 aromatic rings. The van der Waals surface area contributed by atoms with Crippen LogP contribution in [-0.4, -0.2) is 4.98 Å². The van der Waals surface area contributed by atoms with E-state index in [0.29, 0.717) is 5.92 Å². The molecule has 0 fully saturated rings. The highest BCUT2D eigenvalue weighted by atomic mass is 32.1. The minimum absolute atomic E-state index is 0.554. The average molecular weight is 232 g/mol. The number of hydrogen-bond acceptors (Lipinski definition) is 3. The Hall–Kier alpha value is -1.35. The molecule has 0 aliphatic carbocycles. The maximum atomic E-state index is 4.22. The summed E-state index contributed by atoms with van der Waals surface area (Å²) in [6, 6.07) is 6.47. The van der Waals surface area contributed by atoms with E-state index in [-0.39, 0.29) is 0 Å². The van der Waals surface area contributed by atoms with E-state index in [9.17, 15) is 0 Å². The van der Waals surface area contributed by atoms with Crippen molar-refractivity contribution in [1.29, 1.82) is 0 Å². The maximum absolute atomic E-state index is 4.22. The fourth-order valence-corrected chi connectivity index (χ4v) is 2.30. The van der Waals surface area contributed by atoms with Crippen molar-refractivity contribution < 1.29 is 0 Å². The van der Waals surface area contributed by atoms with Crippen molar-refractivity contribution in [2.45, 2.75) is 26.7 Å². The van der Waals surface area contributed by atoms with Crippen LogP contribution in [0.5, 0.6) is 0 Å². The van der Waals surface area contributed by atoms with Gasteiger partial charge in [0.25, 0.3) is 0 Å². The van der Waals surface area contributed by atoms with Crippen LogP contribution in [0.2, 0.25) is 0 Å². The number of rotatable bonds is 3. The molecule has 0 aliphatic rings. The molecule has 1 heterocycles. The number of aromatic nitrogens is 1. The number of nitrogens with one attached hydrogen (secondary N) is 1. The quantitative estimate of drug-likeness (QED) is 0.852. The fourth-order valence-electron chi connectivity index (χ4n) is 1.75. The van der Waals surface area contributed by atoms with Crippen LogP contribution >= 0.6 is 11.3 Å². The van der Waals surface area contributed by atoms with E-state index in [1.165, 1.54) is 11.1 Å². The number of hydrogen-bond donors (Lipinski definition) is 1. The largest absolute Gasteiger partial charge is 0.332 e. The number of nitrogens with zero attached hydrogens (tertiary/aromatic N) is 1. The molecular weight excluding hydrogens is 216 g/mol. The molecule has 1 aromatic heterocycles. The van der Waals surface area contributed by atoms with Crippen molar-refractivity contribution in [2.75, 3.05) is 5.32 Å². The lowest BCUT2D eigenvalue weighted by Gasteiger charge is -2.12.